The third-order valence-electron chi connectivity index (χ3n) is 1.64. The van der Waals surface area contributed by atoms with E-state index in [0.717, 1.165) is 6.07 Å². The van der Waals surface area contributed by atoms with Gasteiger partial charge in [0.15, 0.2) is 0 Å². The first-order chi connectivity index (χ1) is 6.97. The van der Waals surface area contributed by atoms with Gasteiger partial charge >= 0.3 is 5.97 Å². The molecule has 3 nitrogen and oxygen atoms in total. The summed E-state index contributed by atoms with van der Waals surface area (Å²) < 4.78 is 25.2. The molecule has 1 aromatic rings. The summed E-state index contributed by atoms with van der Waals surface area (Å²) in [5.41, 5.74) is -0.509. The topological polar surface area (TPSA) is 50.2 Å². The molecular formula is C8H5Br2F2NO2. The molecule has 0 fully saturated rings. The van der Waals surface area contributed by atoms with Gasteiger partial charge in [0.2, 0.25) is 0 Å². The Kier molecular flexibility index (Phi) is 4.15. The van der Waals surface area contributed by atoms with Crippen LogP contribution >= 0.6 is 31.9 Å². The van der Waals surface area contributed by atoms with Gasteiger partial charge in [0.1, 0.15) is 5.69 Å². The van der Waals surface area contributed by atoms with Crippen molar-refractivity contribution in [3.63, 3.8) is 0 Å². The Labute approximate surface area is 101 Å². The van der Waals surface area contributed by atoms with Crippen LogP contribution in [-0.4, -0.2) is 16.1 Å². The number of carbonyl (C=O) groups is 1. The Balaban J connectivity index is 3.38. The zero-order valence-electron chi connectivity index (χ0n) is 7.18. The van der Waals surface area contributed by atoms with Gasteiger partial charge in [0, 0.05) is 15.4 Å². The molecule has 0 aromatic carbocycles. The van der Waals surface area contributed by atoms with E-state index in [9.17, 15) is 13.6 Å². The molecule has 7 heteroatoms. The smallest absolute Gasteiger partial charge is 0.354 e. The fourth-order valence-electron chi connectivity index (χ4n) is 0.961. The summed E-state index contributed by atoms with van der Waals surface area (Å²) in [5.74, 6) is -1.33. The van der Waals surface area contributed by atoms with Gasteiger partial charge in [0.05, 0.1) is 5.69 Å². The Morgan fingerprint density at radius 2 is 2.20 bits per heavy atom. The number of hydrogen-bond donors (Lipinski definition) is 1. The molecule has 0 aliphatic heterocycles. The molecular weight excluding hydrogens is 340 g/mol. The number of nitrogens with zero attached hydrogens (tertiary/aromatic N) is 1. The second-order valence-electron chi connectivity index (χ2n) is 2.60. The first-order valence-corrected chi connectivity index (χ1v) is 5.65. The maximum absolute atomic E-state index is 12.5. The first-order valence-electron chi connectivity index (χ1n) is 3.74. The van der Waals surface area contributed by atoms with Crippen LogP contribution in [0.1, 0.15) is 28.2 Å². The lowest BCUT2D eigenvalue weighted by molar-refractivity contribution is 0.0689. The number of alkyl halides is 3. The molecule has 15 heavy (non-hydrogen) atoms. The fraction of sp³-hybridized carbons (Fsp3) is 0.250. The van der Waals surface area contributed by atoms with Gasteiger partial charge in [-0.3, -0.25) is 0 Å². The minimum absolute atomic E-state index is 0.138. The molecule has 0 aliphatic carbocycles. The lowest BCUT2D eigenvalue weighted by Gasteiger charge is -2.08. The van der Waals surface area contributed by atoms with Crippen LogP contribution in [0.5, 0.6) is 0 Å². The monoisotopic (exact) mass is 343 g/mol. The minimum atomic E-state index is -2.74. The summed E-state index contributed by atoms with van der Waals surface area (Å²) in [6.45, 7) is 0. The predicted molar refractivity (Wildman–Crippen MR) is 56.5 cm³/mol. The van der Waals surface area contributed by atoms with Gasteiger partial charge in [-0.25, -0.2) is 18.6 Å². The number of carboxylic acids is 1. The second kappa shape index (κ2) is 4.98. The molecule has 1 N–H and O–H groups in total. The van der Waals surface area contributed by atoms with Crippen molar-refractivity contribution >= 4 is 37.8 Å². The highest BCUT2D eigenvalue weighted by Crippen LogP contribution is 2.30. The average Bonchev–Trinajstić information content (AvgIpc) is 2.17. The molecule has 82 valence electrons. The Morgan fingerprint density at radius 1 is 1.60 bits per heavy atom. The highest BCUT2D eigenvalue weighted by molar-refractivity contribution is 9.10. The van der Waals surface area contributed by atoms with Crippen molar-refractivity contribution in [2.45, 2.75) is 11.8 Å². The molecule has 0 bridgehead atoms. The average molecular weight is 345 g/mol. The van der Waals surface area contributed by atoms with Crippen molar-refractivity contribution in [1.29, 1.82) is 0 Å². The van der Waals surface area contributed by atoms with Gasteiger partial charge in [-0.1, -0.05) is 15.9 Å². The predicted octanol–water partition coefficient (Wildman–Crippen LogP) is 3.37. The van der Waals surface area contributed by atoms with Crippen LogP contribution < -0.4 is 0 Å². The van der Waals surface area contributed by atoms with E-state index in [4.69, 9.17) is 5.11 Å². The lowest BCUT2D eigenvalue weighted by Crippen LogP contribution is -2.05. The van der Waals surface area contributed by atoms with Gasteiger partial charge in [-0.2, -0.15) is 0 Å². The van der Waals surface area contributed by atoms with Crippen LogP contribution in [0.25, 0.3) is 0 Å². The van der Waals surface area contributed by atoms with E-state index in [1.807, 2.05) is 0 Å². The Morgan fingerprint density at radius 3 is 2.60 bits per heavy atom. The third-order valence-corrected chi connectivity index (χ3v) is 3.08. The van der Waals surface area contributed by atoms with Crippen LogP contribution in [0.3, 0.4) is 0 Å². The van der Waals surface area contributed by atoms with Crippen LogP contribution in [0, 0.1) is 0 Å². The van der Waals surface area contributed by atoms with E-state index in [2.05, 4.69) is 36.8 Å². The molecule has 1 heterocycles. The normalized spacial score (nSPS) is 10.7. The van der Waals surface area contributed by atoms with Gasteiger partial charge in [-0.05, 0) is 22.0 Å². The van der Waals surface area contributed by atoms with Gasteiger partial charge in [0.25, 0.3) is 6.43 Å². The summed E-state index contributed by atoms with van der Waals surface area (Å²) in [5, 5.41) is 8.87. The third kappa shape index (κ3) is 2.72. The number of aromatic carboxylic acids is 1. The number of pyridine rings is 1. The SMILES string of the molecule is O=C(O)c1cc(C(F)F)c(Br)c(CBr)n1. The maximum atomic E-state index is 12.5. The van der Waals surface area contributed by atoms with Crippen molar-refractivity contribution in [2.75, 3.05) is 0 Å². The van der Waals surface area contributed by atoms with Crippen molar-refractivity contribution in [3.8, 4) is 0 Å². The van der Waals surface area contributed by atoms with Crippen molar-refractivity contribution < 1.29 is 18.7 Å². The summed E-state index contributed by atoms with van der Waals surface area (Å²) >= 11 is 6.00. The molecule has 0 spiro atoms. The molecule has 0 unspecified atom stereocenters. The van der Waals surface area contributed by atoms with Crippen molar-refractivity contribution in [1.82, 2.24) is 4.98 Å². The lowest BCUT2D eigenvalue weighted by atomic mass is 10.2. The number of halogens is 4. The van der Waals surface area contributed by atoms with Crippen LogP contribution in [0.2, 0.25) is 0 Å². The summed E-state index contributed by atoms with van der Waals surface area (Å²) in [6, 6.07) is 0.864. The van der Waals surface area contributed by atoms with Crippen LogP contribution in [-0.2, 0) is 5.33 Å². The molecule has 0 amide bonds. The largest absolute Gasteiger partial charge is 0.477 e. The number of carboxylic acid groups (broad SMARTS) is 1. The summed E-state index contributed by atoms with van der Waals surface area (Å²) in [7, 11) is 0. The molecule has 0 saturated carbocycles. The fourth-order valence-corrected chi connectivity index (χ4v) is 2.26. The van der Waals surface area contributed by atoms with Gasteiger partial charge < -0.3 is 5.11 Å². The van der Waals surface area contributed by atoms with E-state index in [0.29, 0.717) is 0 Å². The van der Waals surface area contributed by atoms with Crippen molar-refractivity contribution in [3.05, 3.63) is 27.5 Å². The number of aromatic nitrogens is 1. The van der Waals surface area contributed by atoms with E-state index < -0.39 is 12.4 Å². The van der Waals surface area contributed by atoms with E-state index >= 15 is 0 Å². The molecule has 0 saturated heterocycles. The number of rotatable bonds is 3. The molecule has 0 atom stereocenters. The van der Waals surface area contributed by atoms with Crippen LogP contribution in [0.15, 0.2) is 10.5 Å². The minimum Gasteiger partial charge on any atom is -0.477 e. The summed E-state index contributed by atoms with van der Waals surface area (Å²) in [4.78, 5) is 14.3. The highest BCUT2D eigenvalue weighted by atomic mass is 79.9. The molecule has 0 aliphatic rings. The summed E-state index contributed by atoms with van der Waals surface area (Å²) in [6.07, 6.45) is -2.74. The standard InChI is InChI=1S/C8H5Br2F2NO2/c9-2-5-6(10)3(7(11)12)1-4(13-5)8(14)15/h1,7H,2H2,(H,14,15). The second-order valence-corrected chi connectivity index (χ2v) is 3.95. The molecule has 1 rings (SSSR count). The zero-order valence-corrected chi connectivity index (χ0v) is 10.3. The maximum Gasteiger partial charge on any atom is 0.354 e. The van der Waals surface area contributed by atoms with E-state index in [1.165, 1.54) is 0 Å². The van der Waals surface area contributed by atoms with E-state index in [-0.39, 0.29) is 26.8 Å². The quantitative estimate of drug-likeness (QED) is 0.855. The molecule has 0 radical (unpaired) electrons. The highest BCUT2D eigenvalue weighted by Gasteiger charge is 2.19. The van der Waals surface area contributed by atoms with Crippen LogP contribution in [0.4, 0.5) is 8.78 Å². The first kappa shape index (κ1) is 12.5. The zero-order chi connectivity index (χ0) is 11.6. The Hall–Kier alpha value is -0.560. The van der Waals surface area contributed by atoms with Gasteiger partial charge in [-0.15, -0.1) is 0 Å². The van der Waals surface area contributed by atoms with Crippen molar-refractivity contribution in [2.24, 2.45) is 0 Å². The Bertz CT molecular complexity index is 398. The molecule has 1 aromatic heterocycles. The van der Waals surface area contributed by atoms with E-state index in [1.54, 1.807) is 0 Å². The number of hydrogen-bond acceptors (Lipinski definition) is 2.